The van der Waals surface area contributed by atoms with E-state index in [1.54, 1.807) is 6.92 Å². The molecule has 1 saturated heterocycles. The summed E-state index contributed by atoms with van der Waals surface area (Å²) < 4.78 is 62.1. The molecule has 0 bridgehead atoms. The van der Waals surface area contributed by atoms with Gasteiger partial charge in [-0.05, 0) is 19.3 Å². The summed E-state index contributed by atoms with van der Waals surface area (Å²) >= 11 is 0.837. The van der Waals surface area contributed by atoms with E-state index >= 15 is 0 Å². The van der Waals surface area contributed by atoms with Crippen LogP contribution in [-0.4, -0.2) is 140 Å². The number of nitrogen functional groups attached to an aromatic ring is 1. The summed E-state index contributed by atoms with van der Waals surface area (Å²) in [6.45, 7) is 3.28. The molecular formula is C31H50N7O20P3S. The van der Waals surface area contributed by atoms with Gasteiger partial charge in [0.2, 0.25) is 11.8 Å². The normalized spacial score (nSPS) is 21.6. The molecule has 4 unspecified atom stereocenters. The van der Waals surface area contributed by atoms with Crippen molar-refractivity contribution in [2.24, 2.45) is 17.3 Å². The zero-order chi connectivity index (χ0) is 46.8. The van der Waals surface area contributed by atoms with Gasteiger partial charge in [0.25, 0.3) is 0 Å². The van der Waals surface area contributed by atoms with E-state index in [9.17, 15) is 67.5 Å². The molecule has 0 saturated carbocycles. The molecule has 1 aliphatic rings. The Hall–Kier alpha value is -3.30. The van der Waals surface area contributed by atoms with Crippen molar-refractivity contribution in [3.63, 3.8) is 0 Å². The number of ketones is 1. The van der Waals surface area contributed by atoms with Gasteiger partial charge >= 0.3 is 29.4 Å². The van der Waals surface area contributed by atoms with Crippen LogP contribution in [0.2, 0.25) is 0 Å². The standard InChI is InChI=1S/C31H50N7O20P3S/c1-16(11-21(41)42)5-6-18(39)17(2)30(46)62-10-9-33-20(40)7-8-34-28(45)25(44)31(3,4)13-55-61(52,53)58-60(50,51)54-12-19-24(57-59(47,48)49)23(43)29(56-19)38-15-37-22-26(32)35-14-36-27(22)38/h14-17,19,23-25,29,43-44H,5-13H2,1-4H3,(H,33,40)(H,34,45)(H,41,42)(H,50,51)(H,52,53)(H2,32,35,36)(H2,47,48,49)/t16?,17?,19-,23+,24-,25+,29+/m1/s1. The number of Topliss-reactive ketones (excluding diaryl/α,β-unsaturated/α-hetero) is 1. The summed E-state index contributed by atoms with van der Waals surface area (Å²) in [6, 6.07) is 0. The van der Waals surface area contributed by atoms with Gasteiger partial charge in [-0.2, -0.15) is 4.31 Å². The average Bonchev–Trinajstić information content (AvgIpc) is 3.72. The van der Waals surface area contributed by atoms with E-state index in [0.717, 1.165) is 29.0 Å². The Morgan fingerprint density at radius 3 is 2.31 bits per heavy atom. The minimum absolute atomic E-state index is 0.0155. The van der Waals surface area contributed by atoms with Gasteiger partial charge in [-0.1, -0.05) is 32.5 Å². The lowest BCUT2D eigenvalue weighted by Crippen LogP contribution is -2.46. The fraction of sp³-hybridized carbons (Fsp3) is 0.677. The number of ether oxygens (including phenoxy) is 1. The SMILES string of the molecule is CC(CCC(=O)C(C)C(=O)SCCNC(=O)CCNC(=O)[C@H](O)C(C)(C)COP(=O)(O)OP(=O)(O)OC[C@H]1O[C@H](n2cnc3c(N)ncnc32)[C@@H](O)[C@@H]1OP(=O)(O)O)CC(=O)O. The van der Waals surface area contributed by atoms with Gasteiger partial charge in [0.1, 0.15) is 42.0 Å². The van der Waals surface area contributed by atoms with E-state index in [1.807, 2.05) is 0 Å². The molecule has 31 heteroatoms. The predicted molar refractivity (Wildman–Crippen MR) is 212 cm³/mol. The van der Waals surface area contributed by atoms with Crippen LogP contribution in [0.3, 0.4) is 0 Å². The molecule has 2 aromatic rings. The van der Waals surface area contributed by atoms with Crippen molar-refractivity contribution >= 4 is 80.9 Å². The number of hydrogen-bond acceptors (Lipinski definition) is 20. The number of carboxylic acid groups (broad SMARTS) is 1. The van der Waals surface area contributed by atoms with Gasteiger partial charge in [0, 0.05) is 43.5 Å². The van der Waals surface area contributed by atoms with Crippen LogP contribution in [-0.2, 0) is 60.3 Å². The summed E-state index contributed by atoms with van der Waals surface area (Å²) in [5.41, 5.74) is 4.18. The molecule has 2 amide bonds. The van der Waals surface area contributed by atoms with Gasteiger partial charge in [0.15, 0.2) is 22.8 Å². The van der Waals surface area contributed by atoms with E-state index in [-0.39, 0.29) is 66.8 Å². The number of aliphatic hydroxyl groups is 2. The lowest BCUT2D eigenvalue weighted by Gasteiger charge is -2.30. The highest BCUT2D eigenvalue weighted by Gasteiger charge is 2.50. The number of carbonyl (C=O) groups is 5. The lowest BCUT2D eigenvalue weighted by atomic mass is 9.87. The van der Waals surface area contributed by atoms with Crippen molar-refractivity contribution < 1.29 is 95.2 Å². The van der Waals surface area contributed by atoms with Crippen LogP contribution < -0.4 is 16.4 Å². The third kappa shape index (κ3) is 16.4. The number of amides is 2. The minimum Gasteiger partial charge on any atom is -0.481 e. The second-order valence-electron chi connectivity index (χ2n) is 14.7. The Morgan fingerprint density at radius 1 is 1.00 bits per heavy atom. The lowest BCUT2D eigenvalue weighted by molar-refractivity contribution is -0.138. The smallest absolute Gasteiger partial charge is 0.481 e. The summed E-state index contributed by atoms with van der Waals surface area (Å²) in [5.74, 6) is -3.92. The molecule has 350 valence electrons. The van der Waals surface area contributed by atoms with E-state index < -0.39 is 102 Å². The molecule has 9 atom stereocenters. The first-order chi connectivity index (χ1) is 28.6. The second-order valence-corrected chi connectivity index (χ2v) is 20.0. The highest BCUT2D eigenvalue weighted by Crippen LogP contribution is 2.61. The number of phosphoric ester groups is 3. The number of aromatic nitrogens is 4. The number of carboxylic acids is 1. The number of aliphatic hydroxyl groups excluding tert-OH is 2. The molecule has 3 rings (SSSR count). The zero-order valence-corrected chi connectivity index (χ0v) is 37.1. The van der Waals surface area contributed by atoms with Gasteiger partial charge in [-0.25, -0.2) is 28.6 Å². The number of phosphoric acid groups is 3. The van der Waals surface area contributed by atoms with Crippen LogP contribution in [0.1, 0.15) is 59.6 Å². The number of nitrogens with two attached hydrogens (primary N) is 1. The molecule has 0 aliphatic carbocycles. The van der Waals surface area contributed by atoms with Crippen molar-refractivity contribution in [3.05, 3.63) is 12.7 Å². The van der Waals surface area contributed by atoms with Crippen LogP contribution in [0.15, 0.2) is 12.7 Å². The minimum atomic E-state index is -5.60. The van der Waals surface area contributed by atoms with Crippen molar-refractivity contribution in [2.75, 3.05) is 37.8 Å². The Kier molecular flexibility index (Phi) is 19.3. The maximum Gasteiger partial charge on any atom is 0.481 e. The van der Waals surface area contributed by atoms with Crippen LogP contribution in [0.5, 0.6) is 0 Å². The Labute approximate surface area is 357 Å². The summed E-state index contributed by atoms with van der Waals surface area (Å²) in [7, 11) is -16.5. The first kappa shape index (κ1) is 53.0. The number of carbonyl (C=O) groups excluding carboxylic acids is 4. The van der Waals surface area contributed by atoms with Gasteiger partial charge in [0.05, 0.1) is 25.5 Å². The van der Waals surface area contributed by atoms with E-state index in [1.165, 1.54) is 20.8 Å². The van der Waals surface area contributed by atoms with Gasteiger partial charge in [-0.15, -0.1) is 0 Å². The number of nitrogens with zero attached hydrogens (tertiary/aromatic N) is 4. The Morgan fingerprint density at radius 2 is 1.66 bits per heavy atom. The maximum absolute atomic E-state index is 12.7. The molecule has 1 fully saturated rings. The predicted octanol–water partition coefficient (Wildman–Crippen LogP) is -0.239. The number of fused-ring (bicyclic) bond motifs is 1. The van der Waals surface area contributed by atoms with Crippen LogP contribution in [0, 0.1) is 17.3 Å². The van der Waals surface area contributed by atoms with Crippen LogP contribution >= 0.6 is 35.2 Å². The molecule has 62 heavy (non-hydrogen) atoms. The summed E-state index contributed by atoms with van der Waals surface area (Å²) in [4.78, 5) is 111. The largest absolute Gasteiger partial charge is 0.481 e. The first-order valence-electron chi connectivity index (χ1n) is 18.4. The highest BCUT2D eigenvalue weighted by molar-refractivity contribution is 8.13. The number of aliphatic carboxylic acids is 1. The second kappa shape index (κ2) is 22.5. The van der Waals surface area contributed by atoms with E-state index in [0.29, 0.717) is 6.42 Å². The molecule has 0 aromatic carbocycles. The zero-order valence-electron chi connectivity index (χ0n) is 33.6. The molecule has 0 radical (unpaired) electrons. The monoisotopic (exact) mass is 965 g/mol. The number of nitrogens with one attached hydrogen (secondary N) is 2. The van der Waals surface area contributed by atoms with Crippen molar-refractivity contribution in [2.45, 2.75) is 84.0 Å². The topological polar surface area (TPSA) is 418 Å². The highest BCUT2D eigenvalue weighted by atomic mass is 32.2. The summed E-state index contributed by atoms with van der Waals surface area (Å²) in [5, 5.41) is 34.7. The molecule has 2 aromatic heterocycles. The summed E-state index contributed by atoms with van der Waals surface area (Å²) in [6.07, 6.45) is -6.87. The van der Waals surface area contributed by atoms with Crippen LogP contribution in [0.25, 0.3) is 11.2 Å². The van der Waals surface area contributed by atoms with E-state index in [4.69, 9.17) is 24.6 Å². The number of rotatable bonds is 26. The maximum atomic E-state index is 12.7. The van der Waals surface area contributed by atoms with Crippen molar-refractivity contribution in [1.29, 1.82) is 0 Å². The molecule has 3 heterocycles. The van der Waals surface area contributed by atoms with Gasteiger partial charge in [-0.3, -0.25) is 42.1 Å². The number of imidazole rings is 1. The van der Waals surface area contributed by atoms with Crippen molar-refractivity contribution in [3.8, 4) is 0 Å². The first-order valence-corrected chi connectivity index (χ1v) is 23.9. The third-order valence-electron chi connectivity index (χ3n) is 8.99. The molecule has 27 nitrogen and oxygen atoms in total. The number of anilines is 1. The fourth-order valence-corrected chi connectivity index (χ4v) is 9.16. The van der Waals surface area contributed by atoms with Crippen LogP contribution in [0.4, 0.5) is 5.82 Å². The molecule has 1 aliphatic heterocycles. The Balaban J connectivity index is 1.43. The third-order valence-corrected chi connectivity index (χ3v) is 13.1. The number of thioether (sulfide) groups is 1. The average molecular weight is 966 g/mol. The fourth-order valence-electron chi connectivity index (χ4n) is 5.54. The molecular weight excluding hydrogens is 915 g/mol. The molecule has 11 N–H and O–H groups in total. The molecule has 0 spiro atoms. The van der Waals surface area contributed by atoms with E-state index in [2.05, 4.69) is 34.4 Å². The van der Waals surface area contributed by atoms with Gasteiger partial charge < -0.3 is 56.0 Å². The number of hydrogen-bond donors (Lipinski definition) is 10. The van der Waals surface area contributed by atoms with Crippen molar-refractivity contribution in [1.82, 2.24) is 30.2 Å². The Bertz CT molecular complexity index is 2070. The quantitative estimate of drug-likeness (QED) is 0.0330.